The van der Waals surface area contributed by atoms with Crippen molar-refractivity contribution in [1.82, 2.24) is 19.3 Å². The molecule has 10 heteroatoms. The topological polar surface area (TPSA) is 122 Å². The smallest absolute Gasteiger partial charge is 0.264 e. The molecule has 4 N–H and O–H groups in total. The van der Waals surface area contributed by atoms with Crippen molar-refractivity contribution in [1.29, 1.82) is 0 Å². The number of carbonyl (C=O) groups is 1. The Hall–Kier alpha value is -3.76. The summed E-state index contributed by atoms with van der Waals surface area (Å²) in [5, 5.41) is 5.03. The lowest BCUT2D eigenvalue weighted by molar-refractivity contribution is 0.100. The lowest BCUT2D eigenvalue weighted by Crippen LogP contribution is -2.27. The van der Waals surface area contributed by atoms with Crippen molar-refractivity contribution in [3.63, 3.8) is 0 Å². The molecular formula is C24H19BrN6O2S. The number of thiophene rings is 1. The zero-order valence-electron chi connectivity index (χ0n) is 18.0. The first-order valence-electron chi connectivity index (χ1n) is 10.3. The van der Waals surface area contributed by atoms with Crippen molar-refractivity contribution in [2.45, 2.75) is 13.5 Å². The van der Waals surface area contributed by atoms with Crippen LogP contribution >= 0.6 is 27.3 Å². The Kier molecular flexibility index (Phi) is 5.54. The third-order valence-corrected chi connectivity index (χ3v) is 7.23. The minimum atomic E-state index is -0.591. The van der Waals surface area contributed by atoms with E-state index < -0.39 is 5.91 Å². The summed E-state index contributed by atoms with van der Waals surface area (Å²) in [4.78, 5) is 31.1. The number of primary amides is 1. The lowest BCUT2D eigenvalue weighted by atomic mass is 10.2. The average Bonchev–Trinajstić information content (AvgIpc) is 3.37. The number of nitrogens with zero attached hydrogens (tertiary/aromatic N) is 4. The van der Waals surface area contributed by atoms with Crippen molar-refractivity contribution in [3.05, 3.63) is 91.5 Å². The van der Waals surface area contributed by atoms with E-state index in [1.807, 2.05) is 54.6 Å². The highest BCUT2D eigenvalue weighted by Gasteiger charge is 2.23. The fourth-order valence-electron chi connectivity index (χ4n) is 3.83. The molecule has 0 fully saturated rings. The fourth-order valence-corrected chi connectivity index (χ4v) is 5.11. The van der Waals surface area contributed by atoms with E-state index in [2.05, 4.69) is 21.0 Å². The van der Waals surface area contributed by atoms with E-state index in [9.17, 15) is 9.59 Å². The van der Waals surface area contributed by atoms with Crippen LogP contribution in [0.4, 0.5) is 5.82 Å². The second kappa shape index (κ2) is 8.54. The maximum absolute atomic E-state index is 13.7. The van der Waals surface area contributed by atoms with E-state index in [0.717, 1.165) is 26.9 Å². The minimum absolute atomic E-state index is 0.256. The van der Waals surface area contributed by atoms with Gasteiger partial charge in [-0.15, -0.1) is 11.3 Å². The maximum atomic E-state index is 13.7. The standard InChI is InChI=1S/C24H19BrN6O2S/c1-13-19-22(34-20(13)21(27)32)28-24(30(23(19)33)12-14-5-3-2-4-6-14)31-18(26)11-17(29-31)15-7-9-16(25)10-8-15/h2-11H,12,26H2,1H3,(H2,27,32). The van der Waals surface area contributed by atoms with Crippen molar-refractivity contribution in [2.75, 3.05) is 5.73 Å². The van der Waals surface area contributed by atoms with Crippen LogP contribution in [0.5, 0.6) is 0 Å². The molecule has 1 amide bonds. The van der Waals surface area contributed by atoms with Gasteiger partial charge in [0.1, 0.15) is 10.6 Å². The van der Waals surface area contributed by atoms with Gasteiger partial charge in [-0.25, -0.2) is 4.98 Å². The molecule has 3 aromatic heterocycles. The summed E-state index contributed by atoms with van der Waals surface area (Å²) in [6.45, 7) is 1.97. The minimum Gasteiger partial charge on any atom is -0.383 e. The summed E-state index contributed by atoms with van der Waals surface area (Å²) in [5.41, 5.74) is 14.5. The molecule has 0 aliphatic heterocycles. The Balaban J connectivity index is 1.75. The summed E-state index contributed by atoms with van der Waals surface area (Å²) < 4.78 is 3.93. The van der Waals surface area contributed by atoms with Gasteiger partial charge < -0.3 is 11.5 Å². The van der Waals surface area contributed by atoms with Crippen LogP contribution in [0.15, 0.2) is 69.9 Å². The number of nitrogen functional groups attached to an aromatic ring is 1. The number of fused-ring (bicyclic) bond motifs is 1. The number of benzene rings is 2. The van der Waals surface area contributed by atoms with Crippen LogP contribution in [0.3, 0.4) is 0 Å². The van der Waals surface area contributed by atoms with Crippen molar-refractivity contribution < 1.29 is 4.79 Å². The summed E-state index contributed by atoms with van der Waals surface area (Å²) in [7, 11) is 0. The first kappa shape index (κ1) is 22.1. The fraction of sp³-hybridized carbons (Fsp3) is 0.0833. The van der Waals surface area contributed by atoms with Gasteiger partial charge in [-0.2, -0.15) is 9.78 Å². The quantitative estimate of drug-likeness (QED) is 0.351. The van der Waals surface area contributed by atoms with Crippen LogP contribution in [-0.2, 0) is 6.54 Å². The molecule has 0 radical (unpaired) electrons. The van der Waals surface area contributed by atoms with Gasteiger partial charge in [0.25, 0.3) is 11.5 Å². The molecular weight excluding hydrogens is 516 g/mol. The number of hydrogen-bond acceptors (Lipinski definition) is 6. The average molecular weight is 535 g/mol. The zero-order chi connectivity index (χ0) is 24.0. The van der Waals surface area contributed by atoms with Gasteiger partial charge in [-0.3, -0.25) is 14.2 Å². The van der Waals surface area contributed by atoms with Gasteiger partial charge in [-0.1, -0.05) is 58.4 Å². The number of aryl methyl sites for hydroxylation is 1. The van der Waals surface area contributed by atoms with E-state index in [1.54, 1.807) is 13.0 Å². The largest absolute Gasteiger partial charge is 0.383 e. The molecule has 0 saturated carbocycles. The van der Waals surface area contributed by atoms with E-state index in [-0.39, 0.29) is 18.1 Å². The Labute approximate surface area is 206 Å². The molecule has 2 aromatic carbocycles. The predicted octanol–water partition coefficient (Wildman–Crippen LogP) is 4.11. The van der Waals surface area contributed by atoms with Crippen LogP contribution in [0.1, 0.15) is 20.8 Å². The van der Waals surface area contributed by atoms with Gasteiger partial charge in [0.15, 0.2) is 0 Å². The summed E-state index contributed by atoms with van der Waals surface area (Å²) >= 11 is 4.53. The second-order valence-corrected chi connectivity index (χ2v) is 9.68. The van der Waals surface area contributed by atoms with Gasteiger partial charge >= 0.3 is 0 Å². The van der Waals surface area contributed by atoms with Crippen LogP contribution in [0.2, 0.25) is 0 Å². The van der Waals surface area contributed by atoms with Gasteiger partial charge in [0, 0.05) is 16.1 Å². The van der Waals surface area contributed by atoms with Crippen LogP contribution < -0.4 is 17.0 Å². The first-order chi connectivity index (χ1) is 16.3. The van der Waals surface area contributed by atoms with Gasteiger partial charge in [0.2, 0.25) is 5.95 Å². The van der Waals surface area contributed by atoms with E-state index >= 15 is 0 Å². The molecule has 0 aliphatic carbocycles. The zero-order valence-corrected chi connectivity index (χ0v) is 20.4. The molecule has 0 saturated heterocycles. The Morgan fingerprint density at radius 1 is 1.12 bits per heavy atom. The number of anilines is 1. The molecule has 34 heavy (non-hydrogen) atoms. The Bertz CT molecular complexity index is 1600. The third kappa shape index (κ3) is 3.80. The Morgan fingerprint density at radius 3 is 2.50 bits per heavy atom. The van der Waals surface area contributed by atoms with Crippen LogP contribution in [0.25, 0.3) is 27.4 Å². The molecule has 5 aromatic rings. The normalized spacial score (nSPS) is 11.2. The molecule has 170 valence electrons. The number of halogens is 1. The summed E-state index contributed by atoms with van der Waals surface area (Å²) in [6, 6.07) is 19.0. The number of aromatic nitrogens is 4. The van der Waals surface area contributed by atoms with Crippen LogP contribution in [-0.4, -0.2) is 25.2 Å². The number of amides is 1. The molecule has 8 nitrogen and oxygen atoms in total. The van der Waals surface area contributed by atoms with E-state index in [0.29, 0.717) is 32.2 Å². The van der Waals surface area contributed by atoms with E-state index in [4.69, 9.17) is 16.5 Å². The second-order valence-electron chi connectivity index (χ2n) is 7.76. The molecule has 0 spiro atoms. The highest BCUT2D eigenvalue weighted by atomic mass is 79.9. The highest BCUT2D eigenvalue weighted by Crippen LogP contribution is 2.29. The highest BCUT2D eigenvalue weighted by molar-refractivity contribution is 9.10. The molecule has 0 atom stereocenters. The molecule has 0 aliphatic rings. The van der Waals surface area contributed by atoms with E-state index in [1.165, 1.54) is 9.25 Å². The Morgan fingerprint density at radius 2 is 1.82 bits per heavy atom. The molecule has 0 unspecified atom stereocenters. The van der Waals surface area contributed by atoms with Crippen molar-refractivity contribution in [2.24, 2.45) is 5.73 Å². The lowest BCUT2D eigenvalue weighted by Gasteiger charge is -2.13. The molecule has 3 heterocycles. The molecule has 0 bridgehead atoms. The van der Waals surface area contributed by atoms with Gasteiger partial charge in [-0.05, 0) is 30.2 Å². The predicted molar refractivity (Wildman–Crippen MR) is 137 cm³/mol. The first-order valence-corrected chi connectivity index (χ1v) is 11.9. The number of carbonyl (C=O) groups excluding carboxylic acids is 1. The monoisotopic (exact) mass is 534 g/mol. The number of nitrogens with two attached hydrogens (primary N) is 2. The van der Waals surface area contributed by atoms with Crippen molar-refractivity contribution in [3.8, 4) is 17.2 Å². The number of hydrogen-bond donors (Lipinski definition) is 2. The molecule has 5 rings (SSSR count). The summed E-state index contributed by atoms with van der Waals surface area (Å²) in [5.74, 6) is 0.000977. The van der Waals surface area contributed by atoms with Crippen LogP contribution in [0, 0.1) is 6.92 Å². The number of rotatable bonds is 5. The third-order valence-electron chi connectivity index (χ3n) is 5.50. The van der Waals surface area contributed by atoms with Gasteiger partial charge in [0.05, 0.1) is 22.5 Å². The van der Waals surface area contributed by atoms with Crippen molar-refractivity contribution >= 4 is 49.2 Å². The SMILES string of the molecule is Cc1c(C(N)=O)sc2nc(-n3nc(-c4ccc(Br)cc4)cc3N)n(Cc3ccccc3)c(=O)c12. The maximum Gasteiger partial charge on any atom is 0.264 e. The summed E-state index contributed by atoms with van der Waals surface area (Å²) in [6.07, 6.45) is 0.